The number of carboxylic acids is 1. The minimum atomic E-state index is -0.847. The SMILES string of the molecule is C=C[C@@]1(C)C[C@@H](O)[C@](CC(=O)O)(C(C)C)C[C@@H]1C(=C)C. The monoisotopic (exact) mass is 280 g/mol. The molecule has 0 heterocycles. The van der Waals surface area contributed by atoms with Crippen LogP contribution in [-0.4, -0.2) is 22.3 Å². The molecule has 0 bridgehead atoms. The molecule has 0 aliphatic heterocycles. The van der Waals surface area contributed by atoms with Crippen molar-refractivity contribution < 1.29 is 15.0 Å². The minimum absolute atomic E-state index is 0.00281. The summed E-state index contributed by atoms with van der Waals surface area (Å²) >= 11 is 0. The van der Waals surface area contributed by atoms with E-state index in [-0.39, 0.29) is 23.7 Å². The molecule has 1 rings (SSSR count). The van der Waals surface area contributed by atoms with Gasteiger partial charge in [-0.05, 0) is 37.0 Å². The van der Waals surface area contributed by atoms with Gasteiger partial charge in [-0.3, -0.25) is 4.79 Å². The lowest BCUT2D eigenvalue weighted by Crippen LogP contribution is -2.52. The highest BCUT2D eigenvalue weighted by Crippen LogP contribution is 2.56. The summed E-state index contributed by atoms with van der Waals surface area (Å²) in [4.78, 5) is 11.3. The first kappa shape index (κ1) is 17.0. The predicted octanol–water partition coefficient (Wildman–Crippen LogP) is 3.64. The van der Waals surface area contributed by atoms with E-state index in [0.29, 0.717) is 12.8 Å². The van der Waals surface area contributed by atoms with Crippen LogP contribution >= 0.6 is 0 Å². The van der Waals surface area contributed by atoms with E-state index < -0.39 is 17.5 Å². The average Bonchev–Trinajstić information content (AvgIpc) is 2.31. The summed E-state index contributed by atoms with van der Waals surface area (Å²) in [6.45, 7) is 16.0. The zero-order valence-electron chi connectivity index (χ0n) is 13.1. The van der Waals surface area contributed by atoms with Crippen LogP contribution in [-0.2, 0) is 4.79 Å². The number of rotatable bonds is 5. The van der Waals surface area contributed by atoms with Crippen LogP contribution in [0, 0.1) is 22.7 Å². The average molecular weight is 280 g/mol. The van der Waals surface area contributed by atoms with Gasteiger partial charge in [0, 0.05) is 5.41 Å². The highest BCUT2D eigenvalue weighted by molar-refractivity contribution is 5.68. The second kappa shape index (κ2) is 5.72. The molecule has 0 saturated heterocycles. The Morgan fingerprint density at radius 2 is 2.00 bits per heavy atom. The van der Waals surface area contributed by atoms with Crippen molar-refractivity contribution in [3.8, 4) is 0 Å². The van der Waals surface area contributed by atoms with Gasteiger partial charge in [0.05, 0.1) is 12.5 Å². The first-order chi connectivity index (χ1) is 9.09. The van der Waals surface area contributed by atoms with Gasteiger partial charge in [-0.2, -0.15) is 0 Å². The fourth-order valence-electron chi connectivity index (χ4n) is 3.77. The van der Waals surface area contributed by atoms with Crippen LogP contribution in [0.3, 0.4) is 0 Å². The summed E-state index contributed by atoms with van der Waals surface area (Å²) in [5.74, 6) is -0.588. The maximum absolute atomic E-state index is 11.3. The van der Waals surface area contributed by atoms with E-state index in [4.69, 9.17) is 0 Å². The maximum Gasteiger partial charge on any atom is 0.304 e. The lowest BCUT2D eigenvalue weighted by atomic mass is 9.52. The molecule has 1 aliphatic carbocycles. The molecular formula is C17H28O3. The zero-order valence-corrected chi connectivity index (χ0v) is 13.1. The summed E-state index contributed by atoms with van der Waals surface area (Å²) in [6, 6.07) is 0. The Bertz CT molecular complexity index is 412. The smallest absolute Gasteiger partial charge is 0.304 e. The number of aliphatic carboxylic acids is 1. The molecule has 3 nitrogen and oxygen atoms in total. The van der Waals surface area contributed by atoms with E-state index in [9.17, 15) is 15.0 Å². The molecular weight excluding hydrogens is 252 g/mol. The molecule has 0 aromatic carbocycles. The van der Waals surface area contributed by atoms with E-state index in [0.717, 1.165) is 5.57 Å². The van der Waals surface area contributed by atoms with Crippen molar-refractivity contribution in [2.75, 3.05) is 0 Å². The van der Waals surface area contributed by atoms with Gasteiger partial charge >= 0.3 is 5.97 Å². The summed E-state index contributed by atoms with van der Waals surface area (Å²) in [5.41, 5.74) is 0.231. The van der Waals surface area contributed by atoms with Crippen molar-refractivity contribution in [1.29, 1.82) is 0 Å². The van der Waals surface area contributed by atoms with E-state index >= 15 is 0 Å². The number of aliphatic hydroxyl groups is 1. The van der Waals surface area contributed by atoms with Gasteiger partial charge < -0.3 is 10.2 Å². The lowest BCUT2D eigenvalue weighted by Gasteiger charge is -2.54. The number of hydrogen-bond acceptors (Lipinski definition) is 2. The van der Waals surface area contributed by atoms with E-state index in [1.54, 1.807) is 0 Å². The van der Waals surface area contributed by atoms with Crippen LogP contribution in [0.1, 0.15) is 47.0 Å². The van der Waals surface area contributed by atoms with Gasteiger partial charge in [-0.25, -0.2) is 0 Å². The topological polar surface area (TPSA) is 57.5 Å². The van der Waals surface area contributed by atoms with E-state index in [1.165, 1.54) is 0 Å². The largest absolute Gasteiger partial charge is 0.481 e. The Morgan fingerprint density at radius 1 is 1.45 bits per heavy atom. The molecule has 1 aliphatic rings. The predicted molar refractivity (Wildman–Crippen MR) is 81.4 cm³/mol. The molecule has 3 heteroatoms. The molecule has 4 atom stereocenters. The molecule has 20 heavy (non-hydrogen) atoms. The number of allylic oxidation sites excluding steroid dienone is 2. The van der Waals surface area contributed by atoms with Crippen LogP contribution in [0.2, 0.25) is 0 Å². The molecule has 0 amide bonds. The Kier molecular flexibility index (Phi) is 4.86. The molecule has 0 radical (unpaired) electrons. The second-order valence-corrected chi connectivity index (χ2v) is 6.99. The van der Waals surface area contributed by atoms with Crippen molar-refractivity contribution in [3.05, 3.63) is 24.8 Å². The minimum Gasteiger partial charge on any atom is -0.481 e. The molecule has 2 N–H and O–H groups in total. The number of aliphatic hydroxyl groups excluding tert-OH is 1. The van der Waals surface area contributed by atoms with Gasteiger partial charge in [0.2, 0.25) is 0 Å². The standard InChI is InChI=1S/C17H28O3/c1-7-16(6)9-14(18)17(12(4)5,10-15(19)20)8-13(16)11(2)3/h7,12-14,18H,1-2,8-10H2,3-6H3,(H,19,20)/t13-,14-,16+,17-/m1/s1. The molecule has 0 spiro atoms. The van der Waals surface area contributed by atoms with Crippen LogP contribution in [0.25, 0.3) is 0 Å². The molecule has 0 unspecified atom stereocenters. The maximum atomic E-state index is 11.3. The first-order valence-corrected chi connectivity index (χ1v) is 7.28. The third kappa shape index (κ3) is 2.83. The summed E-state index contributed by atoms with van der Waals surface area (Å²) in [7, 11) is 0. The van der Waals surface area contributed by atoms with Crippen molar-refractivity contribution in [1.82, 2.24) is 0 Å². The van der Waals surface area contributed by atoms with E-state index in [1.807, 2.05) is 26.8 Å². The van der Waals surface area contributed by atoms with Crippen LogP contribution in [0.15, 0.2) is 24.8 Å². The number of carbonyl (C=O) groups is 1. The Morgan fingerprint density at radius 3 is 2.35 bits per heavy atom. The third-order valence-corrected chi connectivity index (χ3v) is 5.37. The second-order valence-electron chi connectivity index (χ2n) is 6.99. The van der Waals surface area contributed by atoms with Crippen LogP contribution in [0.4, 0.5) is 0 Å². The highest BCUT2D eigenvalue weighted by atomic mass is 16.4. The highest BCUT2D eigenvalue weighted by Gasteiger charge is 2.53. The van der Waals surface area contributed by atoms with Gasteiger partial charge in [0.25, 0.3) is 0 Å². The van der Waals surface area contributed by atoms with Gasteiger partial charge in [0.1, 0.15) is 0 Å². The van der Waals surface area contributed by atoms with E-state index in [2.05, 4.69) is 20.1 Å². The quantitative estimate of drug-likeness (QED) is 0.756. The summed E-state index contributed by atoms with van der Waals surface area (Å²) in [5, 5.41) is 19.9. The van der Waals surface area contributed by atoms with Crippen LogP contribution in [0.5, 0.6) is 0 Å². The van der Waals surface area contributed by atoms with Crippen molar-refractivity contribution >= 4 is 5.97 Å². The Labute approximate surface area is 122 Å². The number of carboxylic acid groups (broad SMARTS) is 1. The van der Waals surface area contributed by atoms with Gasteiger partial charge in [-0.1, -0.05) is 39.0 Å². The zero-order chi connectivity index (χ0) is 15.7. The third-order valence-electron chi connectivity index (χ3n) is 5.37. The molecule has 1 saturated carbocycles. The Hall–Kier alpha value is -1.09. The van der Waals surface area contributed by atoms with Gasteiger partial charge in [0.15, 0.2) is 0 Å². The van der Waals surface area contributed by atoms with Gasteiger partial charge in [-0.15, -0.1) is 6.58 Å². The van der Waals surface area contributed by atoms with Crippen molar-refractivity contribution in [2.24, 2.45) is 22.7 Å². The van der Waals surface area contributed by atoms with Crippen molar-refractivity contribution in [2.45, 2.75) is 53.1 Å². The molecule has 0 aromatic rings. The normalized spacial score (nSPS) is 37.7. The lowest BCUT2D eigenvalue weighted by molar-refractivity contribution is -0.151. The molecule has 0 aromatic heterocycles. The molecule has 1 fully saturated rings. The van der Waals surface area contributed by atoms with Crippen LogP contribution < -0.4 is 0 Å². The van der Waals surface area contributed by atoms with Crippen molar-refractivity contribution in [3.63, 3.8) is 0 Å². The number of hydrogen-bond donors (Lipinski definition) is 2. The fraction of sp³-hybridized carbons (Fsp3) is 0.706. The summed E-state index contributed by atoms with van der Waals surface area (Å²) in [6.07, 6.45) is 2.45. The Balaban J connectivity index is 3.25. The molecule has 114 valence electrons. The summed E-state index contributed by atoms with van der Waals surface area (Å²) < 4.78 is 0. The fourth-order valence-corrected chi connectivity index (χ4v) is 3.77. The first-order valence-electron chi connectivity index (χ1n) is 7.28.